The van der Waals surface area contributed by atoms with Gasteiger partial charge in [0, 0.05) is 12.7 Å². The minimum Gasteiger partial charge on any atom is -0.235 e. The van der Waals surface area contributed by atoms with E-state index in [0.29, 0.717) is 0 Å². The lowest BCUT2D eigenvalue weighted by molar-refractivity contribution is 0.641. The molecule has 0 amide bonds. The molecule has 0 radical (unpaired) electrons. The van der Waals surface area contributed by atoms with E-state index in [1.165, 1.54) is 0 Å². The van der Waals surface area contributed by atoms with Crippen LogP contribution >= 0.6 is 0 Å². The molecule has 0 saturated carbocycles. The van der Waals surface area contributed by atoms with Gasteiger partial charge in [-0.1, -0.05) is 5.21 Å². The van der Waals surface area contributed by atoms with Gasteiger partial charge in [0.15, 0.2) is 5.65 Å². The van der Waals surface area contributed by atoms with E-state index in [2.05, 4.69) is 15.3 Å². The van der Waals surface area contributed by atoms with Crippen LogP contribution in [0.1, 0.15) is 6.92 Å². The molecule has 0 aliphatic carbocycles. The highest BCUT2D eigenvalue weighted by Crippen LogP contribution is 2.04. The number of aromatic nitrogens is 4. The van der Waals surface area contributed by atoms with Crippen molar-refractivity contribution in [3.63, 3.8) is 0 Å². The van der Waals surface area contributed by atoms with Crippen LogP contribution in [-0.4, -0.2) is 20.0 Å². The van der Waals surface area contributed by atoms with Crippen molar-refractivity contribution in [2.45, 2.75) is 13.5 Å². The molecule has 0 aliphatic heterocycles. The molecule has 2 heterocycles. The Morgan fingerprint density at radius 1 is 1.55 bits per heavy atom. The predicted octanol–water partition coefficient (Wildman–Crippen LogP) is 0.846. The third-order valence-corrected chi connectivity index (χ3v) is 1.57. The minimum atomic E-state index is 0.813. The average Bonchev–Trinajstić information content (AvgIpc) is 2.47. The highest BCUT2D eigenvalue weighted by Gasteiger charge is 2.00. The monoisotopic (exact) mass is 148 g/mol. The maximum Gasteiger partial charge on any atom is 0.178 e. The molecule has 4 nitrogen and oxygen atoms in total. The largest absolute Gasteiger partial charge is 0.235 e. The summed E-state index contributed by atoms with van der Waals surface area (Å²) in [6.45, 7) is 2.83. The maximum absolute atomic E-state index is 4.15. The smallest absolute Gasteiger partial charge is 0.178 e. The Hall–Kier alpha value is -1.45. The van der Waals surface area contributed by atoms with E-state index in [0.717, 1.165) is 17.7 Å². The molecule has 0 N–H and O–H groups in total. The standard InChI is InChI=1S/C7H8N4/c1-2-11-7-6(9-10-11)4-3-5-8-7/h3-5H,2H2,1H3. The first kappa shape index (κ1) is 6.27. The first-order valence-electron chi connectivity index (χ1n) is 3.56. The lowest BCUT2D eigenvalue weighted by Gasteiger charge is -1.92. The Labute approximate surface area is 63.9 Å². The lowest BCUT2D eigenvalue weighted by Crippen LogP contribution is -1.96. The molecular formula is C7H8N4. The number of hydrogen-bond donors (Lipinski definition) is 0. The van der Waals surface area contributed by atoms with Crippen molar-refractivity contribution in [2.75, 3.05) is 0 Å². The third-order valence-electron chi connectivity index (χ3n) is 1.57. The van der Waals surface area contributed by atoms with Crippen LogP contribution in [0.4, 0.5) is 0 Å². The fraction of sp³-hybridized carbons (Fsp3) is 0.286. The number of hydrogen-bond acceptors (Lipinski definition) is 3. The summed E-state index contributed by atoms with van der Waals surface area (Å²) in [4.78, 5) is 4.15. The quantitative estimate of drug-likeness (QED) is 0.602. The molecule has 2 aromatic rings. The zero-order chi connectivity index (χ0) is 7.68. The van der Waals surface area contributed by atoms with E-state index in [1.807, 2.05) is 19.1 Å². The van der Waals surface area contributed by atoms with Crippen molar-refractivity contribution in [3.8, 4) is 0 Å². The molecule has 2 aromatic heterocycles. The number of aryl methyl sites for hydroxylation is 1. The molecule has 0 atom stereocenters. The Morgan fingerprint density at radius 2 is 2.45 bits per heavy atom. The van der Waals surface area contributed by atoms with Crippen molar-refractivity contribution in [1.29, 1.82) is 0 Å². The Morgan fingerprint density at radius 3 is 3.27 bits per heavy atom. The highest BCUT2D eigenvalue weighted by atomic mass is 15.4. The van der Waals surface area contributed by atoms with Crippen LogP contribution in [0.25, 0.3) is 11.2 Å². The third kappa shape index (κ3) is 0.869. The van der Waals surface area contributed by atoms with Crippen LogP contribution in [0.3, 0.4) is 0 Å². The number of rotatable bonds is 1. The van der Waals surface area contributed by atoms with Gasteiger partial charge in [0.05, 0.1) is 0 Å². The van der Waals surface area contributed by atoms with Gasteiger partial charge in [0.25, 0.3) is 0 Å². The zero-order valence-corrected chi connectivity index (χ0v) is 6.23. The van der Waals surface area contributed by atoms with Crippen molar-refractivity contribution in [1.82, 2.24) is 20.0 Å². The summed E-state index contributed by atoms with van der Waals surface area (Å²) < 4.78 is 1.77. The Kier molecular flexibility index (Phi) is 1.31. The predicted molar refractivity (Wildman–Crippen MR) is 41.0 cm³/mol. The second kappa shape index (κ2) is 2.30. The van der Waals surface area contributed by atoms with Crippen LogP contribution in [0.2, 0.25) is 0 Å². The van der Waals surface area contributed by atoms with Crippen molar-refractivity contribution in [2.24, 2.45) is 0 Å². The normalized spacial score (nSPS) is 10.6. The molecule has 0 aliphatic rings. The summed E-state index contributed by atoms with van der Waals surface area (Å²) in [6, 6.07) is 3.76. The van der Waals surface area contributed by atoms with Gasteiger partial charge in [0.2, 0.25) is 0 Å². The van der Waals surface area contributed by atoms with Crippen LogP contribution in [0.5, 0.6) is 0 Å². The van der Waals surface area contributed by atoms with E-state index < -0.39 is 0 Å². The SMILES string of the molecule is CCn1nnc2cccnc21. The summed E-state index contributed by atoms with van der Waals surface area (Å²) >= 11 is 0. The summed E-state index contributed by atoms with van der Waals surface area (Å²) in [5, 5.41) is 7.86. The minimum absolute atomic E-state index is 0.813. The molecule has 0 spiro atoms. The molecule has 11 heavy (non-hydrogen) atoms. The average molecular weight is 148 g/mol. The molecule has 0 saturated heterocycles. The maximum atomic E-state index is 4.15. The molecular weight excluding hydrogens is 140 g/mol. The van der Waals surface area contributed by atoms with Gasteiger partial charge in [-0.2, -0.15) is 0 Å². The lowest BCUT2D eigenvalue weighted by atomic mass is 10.4. The second-order valence-electron chi connectivity index (χ2n) is 2.25. The van der Waals surface area contributed by atoms with Crippen LogP contribution in [-0.2, 0) is 6.54 Å². The van der Waals surface area contributed by atoms with Gasteiger partial charge in [-0.25, -0.2) is 9.67 Å². The first-order valence-corrected chi connectivity index (χ1v) is 3.56. The van der Waals surface area contributed by atoms with Gasteiger partial charge in [0.1, 0.15) is 5.52 Å². The van der Waals surface area contributed by atoms with E-state index in [-0.39, 0.29) is 0 Å². The molecule has 2 rings (SSSR count). The summed E-state index contributed by atoms with van der Waals surface area (Å²) in [7, 11) is 0. The van der Waals surface area contributed by atoms with Crippen molar-refractivity contribution in [3.05, 3.63) is 18.3 Å². The van der Waals surface area contributed by atoms with Crippen molar-refractivity contribution >= 4 is 11.2 Å². The molecule has 0 bridgehead atoms. The fourth-order valence-corrected chi connectivity index (χ4v) is 1.02. The van der Waals surface area contributed by atoms with Gasteiger partial charge >= 0.3 is 0 Å². The van der Waals surface area contributed by atoms with Crippen LogP contribution in [0, 0.1) is 0 Å². The Bertz CT molecular complexity index is 365. The van der Waals surface area contributed by atoms with Gasteiger partial charge in [-0.15, -0.1) is 5.10 Å². The highest BCUT2D eigenvalue weighted by molar-refractivity contribution is 5.68. The topological polar surface area (TPSA) is 43.6 Å². The molecule has 0 aromatic carbocycles. The van der Waals surface area contributed by atoms with Crippen LogP contribution < -0.4 is 0 Å². The van der Waals surface area contributed by atoms with Crippen LogP contribution in [0.15, 0.2) is 18.3 Å². The first-order chi connectivity index (χ1) is 5.42. The summed E-state index contributed by atoms with van der Waals surface area (Å²) in [5.41, 5.74) is 1.71. The molecule has 0 fully saturated rings. The molecule has 0 unspecified atom stereocenters. The van der Waals surface area contributed by atoms with E-state index in [4.69, 9.17) is 0 Å². The van der Waals surface area contributed by atoms with Gasteiger partial charge in [-0.05, 0) is 19.1 Å². The Balaban J connectivity index is 2.76. The summed E-state index contributed by atoms with van der Waals surface area (Å²) in [5.74, 6) is 0. The van der Waals surface area contributed by atoms with E-state index >= 15 is 0 Å². The fourth-order valence-electron chi connectivity index (χ4n) is 1.02. The van der Waals surface area contributed by atoms with Gasteiger partial charge in [-0.3, -0.25) is 0 Å². The number of fused-ring (bicyclic) bond motifs is 1. The number of nitrogens with zero attached hydrogens (tertiary/aromatic N) is 4. The van der Waals surface area contributed by atoms with E-state index in [9.17, 15) is 0 Å². The van der Waals surface area contributed by atoms with Gasteiger partial charge < -0.3 is 0 Å². The van der Waals surface area contributed by atoms with E-state index in [1.54, 1.807) is 10.9 Å². The zero-order valence-electron chi connectivity index (χ0n) is 6.23. The number of pyridine rings is 1. The molecule has 4 heteroatoms. The van der Waals surface area contributed by atoms with Crippen molar-refractivity contribution < 1.29 is 0 Å². The second-order valence-corrected chi connectivity index (χ2v) is 2.25. The summed E-state index contributed by atoms with van der Waals surface area (Å²) in [6.07, 6.45) is 1.75. The molecule has 56 valence electrons.